The van der Waals surface area contributed by atoms with Crippen LogP contribution in [0.2, 0.25) is 0 Å². The van der Waals surface area contributed by atoms with Gasteiger partial charge in [0.25, 0.3) is 11.4 Å². The van der Waals surface area contributed by atoms with Gasteiger partial charge >= 0.3 is 5.69 Å². The summed E-state index contributed by atoms with van der Waals surface area (Å²) in [4.78, 5) is 43.0. The summed E-state index contributed by atoms with van der Waals surface area (Å²) in [6, 6.07) is 3.66. The third kappa shape index (κ3) is 2.28. The lowest BCUT2D eigenvalue weighted by atomic mass is 10.1. The van der Waals surface area contributed by atoms with Crippen LogP contribution in [0, 0.1) is 30.3 Å². The number of nitrogens with two attached hydrogens (primary N) is 1. The topological polar surface area (TPSA) is 186 Å². The Labute approximate surface area is 135 Å². The lowest BCUT2D eigenvalue weighted by Crippen LogP contribution is -2.09. The zero-order chi connectivity index (χ0) is 18.5. The van der Waals surface area contributed by atoms with Crippen LogP contribution in [0.3, 0.4) is 0 Å². The van der Waals surface area contributed by atoms with Crippen molar-refractivity contribution in [3.8, 4) is 0 Å². The van der Waals surface area contributed by atoms with E-state index in [0.717, 1.165) is 18.2 Å². The van der Waals surface area contributed by atoms with Gasteiger partial charge in [-0.2, -0.15) is 0 Å². The number of fused-ring (bicyclic) bond motifs is 2. The van der Waals surface area contributed by atoms with Crippen LogP contribution in [0.25, 0.3) is 21.9 Å². The summed E-state index contributed by atoms with van der Waals surface area (Å²) >= 11 is 0. The number of anilines is 1. The van der Waals surface area contributed by atoms with Gasteiger partial charge in [0, 0.05) is 12.1 Å². The van der Waals surface area contributed by atoms with E-state index in [9.17, 15) is 35.1 Å². The van der Waals surface area contributed by atoms with E-state index < -0.39 is 53.9 Å². The summed E-state index contributed by atoms with van der Waals surface area (Å²) in [5.41, 5.74) is 1.30. The van der Waals surface area contributed by atoms with Gasteiger partial charge in [-0.25, -0.2) is 0 Å². The highest BCUT2D eigenvalue weighted by atomic mass is 16.6. The molecule has 3 aromatic rings. The second kappa shape index (κ2) is 5.23. The van der Waals surface area contributed by atoms with Crippen molar-refractivity contribution in [1.82, 2.24) is 0 Å². The Kier molecular flexibility index (Phi) is 3.30. The first-order valence-corrected chi connectivity index (χ1v) is 6.48. The molecule has 0 amide bonds. The van der Waals surface area contributed by atoms with Gasteiger partial charge in [0.15, 0.2) is 0 Å². The molecule has 1 heterocycles. The summed E-state index contributed by atoms with van der Waals surface area (Å²) in [6.45, 7) is 0. The smallest absolute Gasteiger partial charge is 0.319 e. The van der Waals surface area contributed by atoms with Crippen LogP contribution >= 0.6 is 0 Å². The zero-order valence-electron chi connectivity index (χ0n) is 12.0. The minimum Gasteiger partial charge on any atom is -0.448 e. The van der Waals surface area contributed by atoms with Crippen molar-refractivity contribution < 1.29 is 19.2 Å². The molecule has 12 nitrogen and oxygen atoms in total. The van der Waals surface area contributed by atoms with Crippen molar-refractivity contribution in [2.24, 2.45) is 0 Å². The van der Waals surface area contributed by atoms with Gasteiger partial charge < -0.3 is 10.2 Å². The monoisotopic (exact) mass is 346 g/mol. The maximum Gasteiger partial charge on any atom is 0.319 e. The highest BCUT2D eigenvalue weighted by Crippen LogP contribution is 2.37. The van der Waals surface area contributed by atoms with Crippen molar-refractivity contribution in [3.05, 3.63) is 64.8 Å². The van der Waals surface area contributed by atoms with Crippen molar-refractivity contribution in [2.75, 3.05) is 5.73 Å². The molecule has 0 unspecified atom stereocenters. The van der Waals surface area contributed by atoms with Crippen LogP contribution in [-0.4, -0.2) is 14.8 Å². The summed E-state index contributed by atoms with van der Waals surface area (Å²) < 4.78 is 5.30. The second-order valence-corrected chi connectivity index (χ2v) is 4.92. The number of nitrogen functional groups attached to an aromatic ring is 1. The Bertz CT molecular complexity index is 1170. The molecule has 0 radical (unpaired) electrons. The van der Waals surface area contributed by atoms with Gasteiger partial charge in [-0.1, -0.05) is 0 Å². The van der Waals surface area contributed by atoms with Gasteiger partial charge in [-0.3, -0.25) is 35.1 Å². The van der Waals surface area contributed by atoms with E-state index in [1.165, 1.54) is 0 Å². The number of rotatable bonds is 3. The number of nitro benzene ring substituents is 3. The molecule has 2 aromatic carbocycles. The summed E-state index contributed by atoms with van der Waals surface area (Å²) in [5.74, 6) is 0. The van der Waals surface area contributed by atoms with Crippen molar-refractivity contribution in [3.63, 3.8) is 0 Å². The van der Waals surface area contributed by atoms with Crippen LogP contribution in [-0.2, 0) is 0 Å². The maximum atomic E-state index is 12.6. The third-order valence-electron chi connectivity index (χ3n) is 3.53. The molecule has 25 heavy (non-hydrogen) atoms. The van der Waals surface area contributed by atoms with E-state index in [-0.39, 0.29) is 11.0 Å². The molecular formula is C13H6N4O8. The number of nitrogens with zero attached hydrogens (tertiary/aromatic N) is 3. The largest absolute Gasteiger partial charge is 0.448 e. The molecule has 1 aromatic heterocycles. The van der Waals surface area contributed by atoms with Crippen LogP contribution in [0.1, 0.15) is 0 Å². The number of benzene rings is 2. The molecule has 0 fully saturated rings. The van der Waals surface area contributed by atoms with Gasteiger partial charge in [0.05, 0.1) is 20.2 Å². The molecule has 0 saturated heterocycles. The average Bonchev–Trinajstić information content (AvgIpc) is 2.54. The summed E-state index contributed by atoms with van der Waals surface area (Å²) in [5, 5.41) is 32.2. The molecule has 0 aliphatic heterocycles. The molecular weight excluding hydrogens is 340 g/mol. The van der Waals surface area contributed by atoms with Crippen molar-refractivity contribution >= 4 is 44.7 Å². The third-order valence-corrected chi connectivity index (χ3v) is 3.53. The number of non-ortho nitro benzene ring substituents is 2. The van der Waals surface area contributed by atoms with Crippen LogP contribution in [0.15, 0.2) is 33.5 Å². The van der Waals surface area contributed by atoms with E-state index in [0.29, 0.717) is 6.07 Å². The molecule has 126 valence electrons. The van der Waals surface area contributed by atoms with Gasteiger partial charge in [-0.05, 0) is 6.07 Å². The average molecular weight is 346 g/mol. The van der Waals surface area contributed by atoms with Crippen molar-refractivity contribution in [2.45, 2.75) is 0 Å². The minimum absolute atomic E-state index is 0.153. The van der Waals surface area contributed by atoms with Gasteiger partial charge in [-0.15, -0.1) is 0 Å². The van der Waals surface area contributed by atoms with E-state index in [1.807, 2.05) is 0 Å². The number of hydrogen-bond acceptors (Lipinski definition) is 9. The summed E-state index contributed by atoms with van der Waals surface area (Å²) in [6.07, 6.45) is 0. The van der Waals surface area contributed by atoms with E-state index in [4.69, 9.17) is 10.2 Å². The molecule has 0 aliphatic carbocycles. The number of nitro groups is 3. The lowest BCUT2D eigenvalue weighted by molar-refractivity contribution is -0.392. The van der Waals surface area contributed by atoms with E-state index in [1.54, 1.807) is 0 Å². The highest BCUT2D eigenvalue weighted by Gasteiger charge is 2.29. The van der Waals surface area contributed by atoms with E-state index >= 15 is 0 Å². The Morgan fingerprint density at radius 1 is 0.920 bits per heavy atom. The molecule has 3 rings (SSSR count). The first-order chi connectivity index (χ1) is 11.7. The molecule has 0 aliphatic rings. The van der Waals surface area contributed by atoms with E-state index in [2.05, 4.69) is 0 Å². The van der Waals surface area contributed by atoms with Gasteiger partial charge in [0.2, 0.25) is 11.0 Å². The molecule has 0 atom stereocenters. The summed E-state index contributed by atoms with van der Waals surface area (Å²) in [7, 11) is 0. The highest BCUT2D eigenvalue weighted by molar-refractivity contribution is 6.03. The standard InChI is InChI=1S/C13H6N4O8/c14-11-7(16(21)22)4-8(17(23)24)13-10(11)12(18)6-3-5(15(19)20)1-2-9(6)25-13/h1-4H,14H2. The first kappa shape index (κ1) is 15.8. The normalized spacial score (nSPS) is 10.9. The molecule has 0 spiro atoms. The fourth-order valence-electron chi connectivity index (χ4n) is 2.41. The first-order valence-electron chi connectivity index (χ1n) is 6.48. The van der Waals surface area contributed by atoms with Crippen LogP contribution in [0.4, 0.5) is 22.7 Å². The Hall–Kier alpha value is -4.09. The predicted molar refractivity (Wildman–Crippen MR) is 84.4 cm³/mol. The second-order valence-electron chi connectivity index (χ2n) is 4.92. The quantitative estimate of drug-likeness (QED) is 0.321. The van der Waals surface area contributed by atoms with Gasteiger partial charge in [0.1, 0.15) is 22.7 Å². The van der Waals surface area contributed by atoms with Crippen molar-refractivity contribution in [1.29, 1.82) is 0 Å². The zero-order valence-corrected chi connectivity index (χ0v) is 12.0. The fraction of sp³-hybridized carbons (Fsp3) is 0. The Morgan fingerprint density at radius 3 is 2.12 bits per heavy atom. The Morgan fingerprint density at radius 2 is 1.56 bits per heavy atom. The molecule has 2 N–H and O–H groups in total. The van der Waals surface area contributed by atoms with Crippen LogP contribution < -0.4 is 11.2 Å². The maximum absolute atomic E-state index is 12.6. The number of hydrogen-bond donors (Lipinski definition) is 1. The fourth-order valence-corrected chi connectivity index (χ4v) is 2.41. The SMILES string of the molecule is Nc1c([N+](=O)[O-])cc([N+](=O)[O-])c2oc3ccc([N+](=O)[O-])cc3c(=O)c12. The minimum atomic E-state index is -0.973. The van der Waals surface area contributed by atoms with Crippen LogP contribution in [0.5, 0.6) is 0 Å². The molecule has 12 heteroatoms. The Balaban J connectivity index is 2.59. The molecule has 0 saturated carbocycles. The molecule has 0 bridgehead atoms. The lowest BCUT2D eigenvalue weighted by Gasteiger charge is -2.05. The predicted octanol–water partition coefficient (Wildman–Crippen LogP) is 2.25.